The fraction of sp³-hybridized carbons (Fsp3) is 0.571. The minimum atomic E-state index is 0.512. The Morgan fingerprint density at radius 3 is 2.71 bits per heavy atom. The predicted molar refractivity (Wildman–Crippen MR) is 85.0 cm³/mol. The molecule has 118 valence electrons. The van der Waals surface area contributed by atoms with E-state index in [9.17, 15) is 0 Å². The van der Waals surface area contributed by atoms with Crippen molar-refractivity contribution in [1.82, 2.24) is 15.6 Å². The predicted octanol–water partition coefficient (Wildman–Crippen LogP) is 1.11. The maximum Gasteiger partial charge on any atom is 0.191 e. The Morgan fingerprint density at radius 2 is 2.05 bits per heavy atom. The molecule has 0 aliphatic heterocycles. The van der Waals surface area contributed by atoms with E-state index >= 15 is 0 Å². The average molecular weight is 315 g/mol. The smallest absolute Gasteiger partial charge is 0.191 e. The average Bonchev–Trinajstić information content (AvgIpc) is 2.50. The highest BCUT2D eigenvalue weighted by atomic mass is 35.5. The van der Waals surface area contributed by atoms with Gasteiger partial charge in [0.05, 0.1) is 19.8 Å². The van der Waals surface area contributed by atoms with Gasteiger partial charge in [-0.2, -0.15) is 0 Å². The van der Waals surface area contributed by atoms with Crippen molar-refractivity contribution in [2.24, 2.45) is 4.99 Å². The van der Waals surface area contributed by atoms with Gasteiger partial charge in [-0.15, -0.1) is 0 Å². The Balaban J connectivity index is 2.12. The highest BCUT2D eigenvalue weighted by Crippen LogP contribution is 2.05. The summed E-state index contributed by atoms with van der Waals surface area (Å²) in [7, 11) is 3.40. The normalized spacial score (nSPS) is 11.5. The SMILES string of the molecule is CN=C(NCCOCCOC)NCCc1ccc(Cl)nc1. The number of pyridine rings is 1. The molecule has 0 atom stereocenters. The van der Waals surface area contributed by atoms with Gasteiger partial charge in [-0.3, -0.25) is 4.99 Å². The monoisotopic (exact) mass is 314 g/mol. The van der Waals surface area contributed by atoms with Gasteiger partial charge in [0.2, 0.25) is 0 Å². The van der Waals surface area contributed by atoms with Crippen molar-refractivity contribution in [3.63, 3.8) is 0 Å². The first-order chi connectivity index (χ1) is 10.3. The first-order valence-corrected chi connectivity index (χ1v) is 7.25. The molecule has 0 bridgehead atoms. The van der Waals surface area contributed by atoms with Crippen molar-refractivity contribution >= 4 is 17.6 Å². The molecule has 0 aliphatic rings. The molecular formula is C14H23ClN4O2. The van der Waals surface area contributed by atoms with E-state index < -0.39 is 0 Å². The van der Waals surface area contributed by atoms with Crippen LogP contribution >= 0.6 is 11.6 Å². The minimum absolute atomic E-state index is 0.512. The number of halogens is 1. The largest absolute Gasteiger partial charge is 0.382 e. The molecule has 1 aromatic heterocycles. The molecule has 6 nitrogen and oxygen atoms in total. The second kappa shape index (κ2) is 11.3. The highest BCUT2D eigenvalue weighted by molar-refractivity contribution is 6.29. The van der Waals surface area contributed by atoms with Crippen molar-refractivity contribution in [2.45, 2.75) is 6.42 Å². The Kier molecular flexibility index (Phi) is 9.52. The summed E-state index contributed by atoms with van der Waals surface area (Å²) in [6.45, 7) is 3.31. The standard InChI is InChI=1S/C14H23ClN4O2/c1-16-14(18-7-8-21-10-9-20-2)17-6-5-12-3-4-13(15)19-11-12/h3-4,11H,5-10H2,1-2H3,(H2,16,17,18). The van der Waals surface area contributed by atoms with Crippen LogP contribution < -0.4 is 10.6 Å². The lowest BCUT2D eigenvalue weighted by Gasteiger charge is -2.12. The van der Waals surface area contributed by atoms with Crippen LogP contribution in [0.3, 0.4) is 0 Å². The number of hydrogen-bond donors (Lipinski definition) is 2. The van der Waals surface area contributed by atoms with Crippen LogP contribution in [-0.4, -0.2) is 58.0 Å². The van der Waals surface area contributed by atoms with Gasteiger partial charge in [0, 0.05) is 33.4 Å². The second-order valence-corrected chi connectivity index (χ2v) is 4.66. The van der Waals surface area contributed by atoms with Crippen molar-refractivity contribution < 1.29 is 9.47 Å². The van der Waals surface area contributed by atoms with E-state index in [2.05, 4.69) is 20.6 Å². The van der Waals surface area contributed by atoms with Gasteiger partial charge in [-0.25, -0.2) is 4.98 Å². The van der Waals surface area contributed by atoms with Crippen molar-refractivity contribution in [3.05, 3.63) is 29.0 Å². The third kappa shape index (κ3) is 8.49. The molecule has 0 saturated carbocycles. The maximum absolute atomic E-state index is 5.75. The summed E-state index contributed by atoms with van der Waals surface area (Å²) in [5.41, 5.74) is 1.13. The maximum atomic E-state index is 5.75. The van der Waals surface area contributed by atoms with Crippen LogP contribution in [0.5, 0.6) is 0 Å². The quantitative estimate of drug-likeness (QED) is 0.309. The molecule has 0 unspecified atom stereocenters. The van der Waals surface area contributed by atoms with E-state index in [1.807, 2.05) is 6.07 Å². The van der Waals surface area contributed by atoms with E-state index in [0.717, 1.165) is 24.5 Å². The summed E-state index contributed by atoms with van der Waals surface area (Å²) < 4.78 is 10.3. The molecule has 0 aromatic carbocycles. The van der Waals surface area contributed by atoms with Gasteiger partial charge in [-0.05, 0) is 18.1 Å². The molecule has 7 heteroatoms. The van der Waals surface area contributed by atoms with Crippen LogP contribution in [0.15, 0.2) is 23.3 Å². The van der Waals surface area contributed by atoms with Gasteiger partial charge < -0.3 is 20.1 Å². The molecule has 0 radical (unpaired) electrons. The van der Waals surface area contributed by atoms with Crippen LogP contribution in [0.25, 0.3) is 0 Å². The summed E-state index contributed by atoms with van der Waals surface area (Å²) >= 11 is 5.75. The number of aliphatic imine (C=N–C) groups is 1. The second-order valence-electron chi connectivity index (χ2n) is 4.27. The number of hydrogen-bond acceptors (Lipinski definition) is 4. The summed E-state index contributed by atoms with van der Waals surface area (Å²) in [5.74, 6) is 0.757. The molecule has 0 saturated heterocycles. The number of rotatable bonds is 9. The third-order valence-corrected chi connectivity index (χ3v) is 2.91. The van der Waals surface area contributed by atoms with E-state index in [-0.39, 0.29) is 0 Å². The first-order valence-electron chi connectivity index (χ1n) is 6.88. The van der Waals surface area contributed by atoms with Crippen LogP contribution in [0.2, 0.25) is 5.15 Å². The van der Waals surface area contributed by atoms with Crippen molar-refractivity contribution in [1.29, 1.82) is 0 Å². The van der Waals surface area contributed by atoms with Gasteiger partial charge in [0.15, 0.2) is 5.96 Å². The number of nitrogens with one attached hydrogen (secondary N) is 2. The fourth-order valence-corrected chi connectivity index (χ4v) is 1.70. The summed E-state index contributed by atoms with van der Waals surface area (Å²) in [5, 5.41) is 6.92. The number of aromatic nitrogens is 1. The van der Waals surface area contributed by atoms with Crippen LogP contribution in [0.1, 0.15) is 5.56 Å². The van der Waals surface area contributed by atoms with E-state index in [1.165, 1.54) is 0 Å². The lowest BCUT2D eigenvalue weighted by atomic mass is 10.2. The van der Waals surface area contributed by atoms with Gasteiger partial charge >= 0.3 is 0 Å². The molecular weight excluding hydrogens is 292 g/mol. The molecule has 2 N–H and O–H groups in total. The number of methoxy groups -OCH3 is 1. The van der Waals surface area contributed by atoms with Crippen LogP contribution in [0, 0.1) is 0 Å². The molecule has 0 aliphatic carbocycles. The summed E-state index contributed by atoms with van der Waals surface area (Å²) in [4.78, 5) is 8.19. The van der Waals surface area contributed by atoms with Crippen LogP contribution in [-0.2, 0) is 15.9 Å². The zero-order chi connectivity index (χ0) is 15.3. The lowest BCUT2D eigenvalue weighted by molar-refractivity contribution is 0.0733. The Hall–Kier alpha value is -1.37. The Morgan fingerprint density at radius 1 is 1.24 bits per heavy atom. The van der Waals surface area contributed by atoms with E-state index in [4.69, 9.17) is 21.1 Å². The van der Waals surface area contributed by atoms with Gasteiger partial charge in [-0.1, -0.05) is 17.7 Å². The first kappa shape index (κ1) is 17.7. The van der Waals surface area contributed by atoms with Gasteiger partial charge in [0.1, 0.15) is 5.15 Å². The fourth-order valence-electron chi connectivity index (χ4n) is 1.59. The van der Waals surface area contributed by atoms with Gasteiger partial charge in [0.25, 0.3) is 0 Å². The van der Waals surface area contributed by atoms with Crippen molar-refractivity contribution in [3.8, 4) is 0 Å². The van der Waals surface area contributed by atoms with Crippen molar-refractivity contribution in [2.75, 3.05) is 47.1 Å². The number of ether oxygens (including phenoxy) is 2. The minimum Gasteiger partial charge on any atom is -0.382 e. The van der Waals surface area contributed by atoms with E-state index in [1.54, 1.807) is 26.4 Å². The summed E-state index contributed by atoms with van der Waals surface area (Å²) in [6, 6.07) is 3.76. The molecule has 21 heavy (non-hydrogen) atoms. The molecule has 0 fully saturated rings. The van der Waals surface area contributed by atoms with E-state index in [0.29, 0.717) is 31.5 Å². The number of nitrogens with zero attached hydrogens (tertiary/aromatic N) is 2. The molecule has 0 spiro atoms. The van der Waals surface area contributed by atoms with Crippen LogP contribution in [0.4, 0.5) is 0 Å². The zero-order valence-electron chi connectivity index (χ0n) is 12.6. The topological polar surface area (TPSA) is 67.8 Å². The Labute approximate surface area is 130 Å². The molecule has 0 amide bonds. The highest BCUT2D eigenvalue weighted by Gasteiger charge is 1.98. The molecule has 1 rings (SSSR count). The number of guanidine groups is 1. The Bertz CT molecular complexity index is 412. The zero-order valence-corrected chi connectivity index (χ0v) is 13.3. The molecule has 1 heterocycles. The summed E-state index contributed by atoms with van der Waals surface area (Å²) in [6.07, 6.45) is 2.64. The third-order valence-electron chi connectivity index (χ3n) is 2.69. The lowest BCUT2D eigenvalue weighted by Crippen LogP contribution is -2.39. The molecule has 1 aromatic rings.